The second-order valence-corrected chi connectivity index (χ2v) is 6.53. The van der Waals surface area contributed by atoms with Gasteiger partial charge in [-0.2, -0.15) is 0 Å². The van der Waals surface area contributed by atoms with Gasteiger partial charge in [-0.3, -0.25) is 0 Å². The number of carbonyl (C=O) groups excluding carboxylic acids is 1. The number of rotatable bonds is 4. The molecule has 0 fully saturated rings. The highest BCUT2D eigenvalue weighted by atomic mass is 35.5. The van der Waals surface area contributed by atoms with Crippen LogP contribution in [0.2, 0.25) is 8.67 Å². The van der Waals surface area contributed by atoms with E-state index < -0.39 is 11.9 Å². The molecular formula is C15H10Cl2O4S. The molecule has 2 aromatic rings. The van der Waals surface area contributed by atoms with Crippen molar-refractivity contribution in [1.29, 1.82) is 0 Å². The number of ether oxygens (including phenoxy) is 1. The molecule has 0 aliphatic carbocycles. The summed E-state index contributed by atoms with van der Waals surface area (Å²) in [6, 6.07) is 6.57. The lowest BCUT2D eigenvalue weighted by Gasteiger charge is -2.06. The van der Waals surface area contributed by atoms with Crippen molar-refractivity contribution in [2.45, 2.75) is 0 Å². The zero-order valence-corrected chi connectivity index (χ0v) is 13.6. The normalized spacial score (nSPS) is 10.9. The van der Waals surface area contributed by atoms with Gasteiger partial charge in [0.15, 0.2) is 0 Å². The fourth-order valence-corrected chi connectivity index (χ4v) is 3.35. The van der Waals surface area contributed by atoms with E-state index in [1.807, 2.05) is 0 Å². The van der Waals surface area contributed by atoms with Gasteiger partial charge in [0.2, 0.25) is 0 Å². The fourth-order valence-electron chi connectivity index (χ4n) is 1.84. The minimum absolute atomic E-state index is 0.295. The molecule has 0 unspecified atom stereocenters. The van der Waals surface area contributed by atoms with Crippen molar-refractivity contribution in [2.75, 3.05) is 7.11 Å². The van der Waals surface area contributed by atoms with Crippen LogP contribution in [0.3, 0.4) is 0 Å². The van der Waals surface area contributed by atoms with Crippen LogP contribution in [0.5, 0.6) is 0 Å². The number of hydrogen-bond acceptors (Lipinski definition) is 4. The molecule has 0 aliphatic heterocycles. The fraction of sp³-hybridized carbons (Fsp3) is 0.0667. The van der Waals surface area contributed by atoms with Crippen LogP contribution in [0.4, 0.5) is 0 Å². The molecule has 0 spiro atoms. The number of benzene rings is 1. The summed E-state index contributed by atoms with van der Waals surface area (Å²) < 4.78 is 5.71. The average molecular weight is 357 g/mol. The summed E-state index contributed by atoms with van der Waals surface area (Å²) in [6.07, 6.45) is 2.38. The van der Waals surface area contributed by atoms with Crippen LogP contribution in [-0.4, -0.2) is 24.2 Å². The van der Waals surface area contributed by atoms with Gasteiger partial charge in [0.1, 0.15) is 4.34 Å². The van der Waals surface area contributed by atoms with Crippen LogP contribution in [0.15, 0.2) is 30.3 Å². The van der Waals surface area contributed by atoms with E-state index in [4.69, 9.17) is 33.0 Å². The van der Waals surface area contributed by atoms with Crippen LogP contribution >= 0.6 is 34.5 Å². The summed E-state index contributed by atoms with van der Waals surface area (Å²) in [6.45, 7) is 0. The van der Waals surface area contributed by atoms with E-state index in [9.17, 15) is 9.59 Å². The lowest BCUT2D eigenvalue weighted by Crippen LogP contribution is -2.02. The number of halogens is 2. The molecule has 4 nitrogen and oxygen atoms in total. The predicted octanol–water partition coefficient (Wildman–Crippen LogP) is 4.61. The molecule has 0 saturated carbocycles. The quantitative estimate of drug-likeness (QED) is 0.641. The minimum Gasteiger partial charge on any atom is -0.478 e. The smallest absolute Gasteiger partial charge is 0.337 e. The maximum Gasteiger partial charge on any atom is 0.337 e. The van der Waals surface area contributed by atoms with E-state index in [1.54, 1.807) is 18.2 Å². The molecule has 7 heteroatoms. The highest BCUT2D eigenvalue weighted by Gasteiger charge is 2.13. The van der Waals surface area contributed by atoms with Gasteiger partial charge in [-0.15, -0.1) is 11.3 Å². The lowest BCUT2D eigenvalue weighted by molar-refractivity contribution is -0.131. The predicted molar refractivity (Wildman–Crippen MR) is 87.8 cm³/mol. The van der Waals surface area contributed by atoms with Crippen LogP contribution in [0, 0.1) is 0 Å². The monoisotopic (exact) mass is 356 g/mol. The number of esters is 1. The molecule has 1 aromatic heterocycles. The number of aliphatic carboxylic acids is 1. The topological polar surface area (TPSA) is 63.6 Å². The van der Waals surface area contributed by atoms with Crippen molar-refractivity contribution >= 4 is 52.6 Å². The number of methoxy groups -OCH3 is 1. The van der Waals surface area contributed by atoms with E-state index in [0.29, 0.717) is 30.9 Å². The van der Waals surface area contributed by atoms with E-state index in [1.165, 1.54) is 30.6 Å². The summed E-state index contributed by atoms with van der Waals surface area (Å²) in [4.78, 5) is 22.4. The zero-order chi connectivity index (χ0) is 16.3. The molecule has 0 amide bonds. The Morgan fingerprint density at radius 2 is 1.95 bits per heavy atom. The Bertz CT molecular complexity index is 765. The second kappa shape index (κ2) is 6.96. The van der Waals surface area contributed by atoms with E-state index in [2.05, 4.69) is 0 Å². The first-order valence-electron chi connectivity index (χ1n) is 6.00. The van der Waals surface area contributed by atoms with Gasteiger partial charge in [-0.05, 0) is 41.5 Å². The second-order valence-electron chi connectivity index (χ2n) is 4.24. The first-order chi connectivity index (χ1) is 10.4. The summed E-state index contributed by atoms with van der Waals surface area (Å²) in [7, 11) is 1.27. The Kier molecular flexibility index (Phi) is 5.24. The number of carboxylic acid groups (broad SMARTS) is 1. The molecule has 1 aromatic carbocycles. The molecule has 2 rings (SSSR count). The Balaban J connectivity index is 2.57. The van der Waals surface area contributed by atoms with Crippen LogP contribution < -0.4 is 0 Å². The van der Waals surface area contributed by atoms with Gasteiger partial charge in [0, 0.05) is 11.6 Å². The van der Waals surface area contributed by atoms with Gasteiger partial charge < -0.3 is 9.84 Å². The van der Waals surface area contributed by atoms with Crippen LogP contribution in [0.25, 0.3) is 17.2 Å². The number of hydrogen-bond donors (Lipinski definition) is 1. The molecule has 1 heterocycles. The molecule has 0 aliphatic rings. The largest absolute Gasteiger partial charge is 0.478 e. The lowest BCUT2D eigenvalue weighted by atomic mass is 10.0. The van der Waals surface area contributed by atoms with Gasteiger partial charge in [-0.25, -0.2) is 9.59 Å². The van der Waals surface area contributed by atoms with Crippen molar-refractivity contribution in [1.82, 2.24) is 0 Å². The first kappa shape index (κ1) is 16.5. The average Bonchev–Trinajstić information content (AvgIpc) is 2.82. The molecule has 1 N–H and O–H groups in total. The maximum absolute atomic E-state index is 11.8. The summed E-state index contributed by atoms with van der Waals surface area (Å²) in [5.74, 6) is -1.61. The van der Waals surface area contributed by atoms with Gasteiger partial charge in [0.25, 0.3) is 0 Å². The van der Waals surface area contributed by atoms with Crippen LogP contribution in [0.1, 0.15) is 15.9 Å². The maximum atomic E-state index is 11.8. The van der Waals surface area contributed by atoms with Crippen molar-refractivity contribution < 1.29 is 19.4 Å². The van der Waals surface area contributed by atoms with E-state index in [0.717, 1.165) is 6.08 Å². The number of carbonyl (C=O) groups is 2. The van der Waals surface area contributed by atoms with E-state index in [-0.39, 0.29) is 0 Å². The van der Waals surface area contributed by atoms with Crippen molar-refractivity contribution in [3.05, 3.63) is 50.1 Å². The van der Waals surface area contributed by atoms with Gasteiger partial charge in [0.05, 0.1) is 17.0 Å². The molecule has 114 valence electrons. The van der Waals surface area contributed by atoms with E-state index >= 15 is 0 Å². The molecular weight excluding hydrogens is 347 g/mol. The highest BCUT2D eigenvalue weighted by Crippen LogP contribution is 2.38. The first-order valence-corrected chi connectivity index (χ1v) is 7.57. The third-order valence-electron chi connectivity index (χ3n) is 2.76. The molecule has 22 heavy (non-hydrogen) atoms. The van der Waals surface area contributed by atoms with Gasteiger partial charge >= 0.3 is 11.9 Å². The Morgan fingerprint density at radius 1 is 1.23 bits per heavy atom. The number of carboxylic acids is 1. The van der Waals surface area contributed by atoms with Crippen molar-refractivity contribution in [2.24, 2.45) is 0 Å². The zero-order valence-electron chi connectivity index (χ0n) is 11.3. The molecule has 0 atom stereocenters. The summed E-state index contributed by atoms with van der Waals surface area (Å²) in [5.41, 5.74) is 2.16. The summed E-state index contributed by atoms with van der Waals surface area (Å²) in [5, 5.41) is 8.72. The van der Waals surface area contributed by atoms with Crippen LogP contribution in [-0.2, 0) is 9.53 Å². The molecule has 0 radical (unpaired) electrons. The molecule has 0 saturated heterocycles. The Labute approximate surface area is 140 Å². The molecule has 0 bridgehead atoms. The summed E-state index contributed by atoms with van der Waals surface area (Å²) >= 11 is 13.3. The third kappa shape index (κ3) is 3.88. The highest BCUT2D eigenvalue weighted by molar-refractivity contribution is 7.20. The standard InChI is InChI=1S/C15H10Cl2O4S/c1-21-15(20)10-5-8(2-3-13(18)19)4-9(6-10)11-7-12(16)22-14(11)17/h2-7H,1H3,(H,18,19)/b3-2+. The third-order valence-corrected chi connectivity index (χ3v) is 4.25. The Hall–Kier alpha value is -1.82. The Morgan fingerprint density at radius 3 is 2.50 bits per heavy atom. The van der Waals surface area contributed by atoms with Crippen molar-refractivity contribution in [3.8, 4) is 11.1 Å². The minimum atomic E-state index is -1.08. The van der Waals surface area contributed by atoms with Gasteiger partial charge in [-0.1, -0.05) is 23.2 Å². The van der Waals surface area contributed by atoms with Crippen molar-refractivity contribution in [3.63, 3.8) is 0 Å². The number of thiophene rings is 1. The SMILES string of the molecule is COC(=O)c1cc(/C=C/C(=O)O)cc(-c2cc(Cl)sc2Cl)c1.